The second kappa shape index (κ2) is 3.88. The predicted molar refractivity (Wildman–Crippen MR) is 55.2 cm³/mol. The van der Waals surface area contributed by atoms with Crippen LogP contribution >= 0.6 is 0 Å². The maximum Gasteiger partial charge on any atom is 0.0398 e. The maximum atomic E-state index is 6.20. The third-order valence-electron chi connectivity index (χ3n) is 2.15. The molecule has 0 radical (unpaired) electrons. The van der Waals surface area contributed by atoms with Gasteiger partial charge in [-0.05, 0) is 30.9 Å². The van der Waals surface area contributed by atoms with Gasteiger partial charge in [0.25, 0.3) is 0 Å². The summed E-state index contributed by atoms with van der Waals surface area (Å²) in [4.78, 5) is 4.08. The first-order valence-electron chi connectivity index (χ1n) is 4.72. The van der Waals surface area contributed by atoms with Crippen LogP contribution in [0.5, 0.6) is 0 Å². The molecule has 0 bridgehead atoms. The van der Waals surface area contributed by atoms with Crippen molar-refractivity contribution in [1.29, 1.82) is 0 Å². The second-order valence-corrected chi connectivity index (χ2v) is 4.26. The zero-order chi connectivity index (χ0) is 9.90. The van der Waals surface area contributed by atoms with Crippen molar-refractivity contribution >= 4 is 0 Å². The topological polar surface area (TPSA) is 38.9 Å². The first-order chi connectivity index (χ1) is 6.02. The summed E-state index contributed by atoms with van der Waals surface area (Å²) < 4.78 is 0. The molecule has 0 amide bonds. The monoisotopic (exact) mass is 178 g/mol. The van der Waals surface area contributed by atoms with Gasteiger partial charge in [-0.3, -0.25) is 4.98 Å². The molecule has 1 aromatic rings. The average Bonchev–Trinajstić information content (AvgIpc) is 2.04. The normalized spacial score (nSPS) is 15.8. The minimum atomic E-state index is -0.248. The minimum absolute atomic E-state index is 0.248. The molecule has 1 unspecified atom stereocenters. The van der Waals surface area contributed by atoms with Gasteiger partial charge in [0.05, 0.1) is 0 Å². The van der Waals surface area contributed by atoms with E-state index >= 15 is 0 Å². The van der Waals surface area contributed by atoms with Crippen LogP contribution in [0.4, 0.5) is 0 Å². The molecule has 0 aliphatic carbocycles. The molecule has 2 heteroatoms. The van der Waals surface area contributed by atoms with Crippen LogP contribution < -0.4 is 5.73 Å². The number of rotatable bonds is 3. The Labute approximate surface area is 80.2 Å². The van der Waals surface area contributed by atoms with Gasteiger partial charge in [-0.2, -0.15) is 0 Å². The highest BCUT2D eigenvalue weighted by molar-refractivity contribution is 5.18. The van der Waals surface area contributed by atoms with E-state index in [1.54, 1.807) is 6.20 Å². The molecule has 0 saturated heterocycles. The number of pyridine rings is 1. The molecule has 1 heterocycles. The molecule has 13 heavy (non-hydrogen) atoms. The van der Waals surface area contributed by atoms with E-state index in [2.05, 4.69) is 25.8 Å². The van der Waals surface area contributed by atoms with E-state index < -0.39 is 0 Å². The quantitative estimate of drug-likeness (QED) is 0.771. The van der Waals surface area contributed by atoms with E-state index in [1.807, 2.05) is 18.3 Å². The summed E-state index contributed by atoms with van der Waals surface area (Å²) >= 11 is 0. The molecule has 1 atom stereocenters. The highest BCUT2D eigenvalue weighted by Gasteiger charge is 2.22. The molecular weight excluding hydrogens is 160 g/mol. The first kappa shape index (κ1) is 10.2. The lowest BCUT2D eigenvalue weighted by Gasteiger charge is -2.26. The third-order valence-corrected chi connectivity index (χ3v) is 2.15. The van der Waals surface area contributed by atoms with E-state index in [4.69, 9.17) is 5.73 Å². The van der Waals surface area contributed by atoms with Crippen molar-refractivity contribution < 1.29 is 0 Å². The highest BCUT2D eigenvalue weighted by atomic mass is 14.7. The number of hydrogen-bond donors (Lipinski definition) is 1. The Hall–Kier alpha value is -0.890. The fourth-order valence-corrected chi connectivity index (χ4v) is 1.67. The zero-order valence-corrected chi connectivity index (χ0v) is 8.62. The van der Waals surface area contributed by atoms with E-state index in [1.165, 1.54) is 0 Å². The summed E-state index contributed by atoms with van der Waals surface area (Å²) in [6.45, 7) is 6.42. The van der Waals surface area contributed by atoms with Crippen molar-refractivity contribution in [2.45, 2.75) is 32.7 Å². The standard InChI is InChI=1S/C11H18N2/c1-9(2)7-11(3,12)10-5-4-6-13-8-10/h4-6,8-9H,7,12H2,1-3H3. The van der Waals surface area contributed by atoms with Crippen molar-refractivity contribution in [3.05, 3.63) is 30.1 Å². The van der Waals surface area contributed by atoms with Crippen LogP contribution in [0.1, 0.15) is 32.8 Å². The molecule has 72 valence electrons. The lowest BCUT2D eigenvalue weighted by atomic mass is 9.86. The molecule has 1 rings (SSSR count). The molecule has 0 spiro atoms. The Kier molecular flexibility index (Phi) is 3.04. The summed E-state index contributed by atoms with van der Waals surface area (Å²) in [7, 11) is 0. The molecule has 0 aliphatic heterocycles. The van der Waals surface area contributed by atoms with Gasteiger partial charge in [-0.25, -0.2) is 0 Å². The van der Waals surface area contributed by atoms with Gasteiger partial charge in [-0.15, -0.1) is 0 Å². The molecule has 0 saturated carbocycles. The summed E-state index contributed by atoms with van der Waals surface area (Å²) in [6, 6.07) is 3.97. The first-order valence-corrected chi connectivity index (χ1v) is 4.72. The third kappa shape index (κ3) is 2.81. The number of nitrogens with two attached hydrogens (primary N) is 1. The highest BCUT2D eigenvalue weighted by Crippen LogP contribution is 2.24. The predicted octanol–water partition coefficient (Wildman–Crippen LogP) is 2.30. The van der Waals surface area contributed by atoms with E-state index in [9.17, 15) is 0 Å². The fourth-order valence-electron chi connectivity index (χ4n) is 1.67. The summed E-state index contributed by atoms with van der Waals surface area (Å²) in [6.07, 6.45) is 4.61. The largest absolute Gasteiger partial charge is 0.322 e. The van der Waals surface area contributed by atoms with Crippen molar-refractivity contribution in [3.8, 4) is 0 Å². The molecule has 1 aromatic heterocycles. The lowest BCUT2D eigenvalue weighted by Crippen LogP contribution is -2.34. The summed E-state index contributed by atoms with van der Waals surface area (Å²) in [5.41, 5.74) is 7.07. The molecule has 0 aromatic carbocycles. The fraction of sp³-hybridized carbons (Fsp3) is 0.545. The van der Waals surface area contributed by atoms with Crippen LogP contribution in [-0.2, 0) is 5.54 Å². The Morgan fingerprint density at radius 3 is 2.69 bits per heavy atom. The molecule has 2 N–H and O–H groups in total. The van der Waals surface area contributed by atoms with Crippen molar-refractivity contribution in [2.24, 2.45) is 11.7 Å². The Morgan fingerprint density at radius 1 is 1.54 bits per heavy atom. The number of hydrogen-bond acceptors (Lipinski definition) is 2. The van der Waals surface area contributed by atoms with Crippen molar-refractivity contribution in [2.75, 3.05) is 0 Å². The number of nitrogens with zero attached hydrogens (tertiary/aromatic N) is 1. The van der Waals surface area contributed by atoms with Crippen LogP contribution in [0.25, 0.3) is 0 Å². The minimum Gasteiger partial charge on any atom is -0.322 e. The van der Waals surface area contributed by atoms with Crippen molar-refractivity contribution in [1.82, 2.24) is 4.98 Å². The summed E-state index contributed by atoms with van der Waals surface area (Å²) in [5.74, 6) is 0.607. The second-order valence-electron chi connectivity index (χ2n) is 4.26. The molecule has 2 nitrogen and oxygen atoms in total. The van der Waals surface area contributed by atoms with Crippen LogP contribution in [0.15, 0.2) is 24.5 Å². The van der Waals surface area contributed by atoms with Gasteiger partial charge in [0.15, 0.2) is 0 Å². The Balaban J connectivity index is 2.81. The smallest absolute Gasteiger partial charge is 0.0398 e. The molecule has 0 fully saturated rings. The van der Waals surface area contributed by atoms with E-state index in [0.29, 0.717) is 5.92 Å². The van der Waals surface area contributed by atoms with Crippen LogP contribution in [0, 0.1) is 5.92 Å². The van der Waals surface area contributed by atoms with E-state index in [-0.39, 0.29) is 5.54 Å². The van der Waals surface area contributed by atoms with Crippen LogP contribution in [0.3, 0.4) is 0 Å². The van der Waals surface area contributed by atoms with Gasteiger partial charge in [0.1, 0.15) is 0 Å². The van der Waals surface area contributed by atoms with Gasteiger partial charge in [-0.1, -0.05) is 19.9 Å². The van der Waals surface area contributed by atoms with Crippen molar-refractivity contribution in [3.63, 3.8) is 0 Å². The van der Waals surface area contributed by atoms with Gasteiger partial charge in [0, 0.05) is 17.9 Å². The Bertz CT molecular complexity index is 252. The molecular formula is C11H18N2. The summed E-state index contributed by atoms with van der Waals surface area (Å²) in [5, 5.41) is 0. The van der Waals surface area contributed by atoms with Gasteiger partial charge < -0.3 is 5.73 Å². The maximum absolute atomic E-state index is 6.20. The van der Waals surface area contributed by atoms with Crippen LogP contribution in [0.2, 0.25) is 0 Å². The average molecular weight is 178 g/mol. The Morgan fingerprint density at radius 2 is 2.23 bits per heavy atom. The van der Waals surface area contributed by atoms with E-state index in [0.717, 1.165) is 12.0 Å². The lowest BCUT2D eigenvalue weighted by molar-refractivity contribution is 0.379. The van der Waals surface area contributed by atoms with Crippen LogP contribution in [-0.4, -0.2) is 4.98 Å². The van der Waals surface area contributed by atoms with Gasteiger partial charge >= 0.3 is 0 Å². The SMILES string of the molecule is CC(C)CC(C)(N)c1cccnc1. The van der Waals surface area contributed by atoms with Gasteiger partial charge in [0.2, 0.25) is 0 Å². The zero-order valence-electron chi connectivity index (χ0n) is 8.62. The number of aromatic nitrogens is 1. The molecule has 0 aliphatic rings.